The summed E-state index contributed by atoms with van der Waals surface area (Å²) in [5.74, 6) is -3.08. The number of hydrogen-bond donors (Lipinski definition) is 6. The number of carboxylic acids is 3. The topological polar surface area (TPSA) is 170 Å². The van der Waals surface area contributed by atoms with Crippen molar-refractivity contribution < 1.29 is 34.8 Å². The molecule has 9 nitrogen and oxygen atoms in total. The second kappa shape index (κ2) is 8.40. The first-order chi connectivity index (χ1) is 8.73. The van der Waals surface area contributed by atoms with E-state index in [1.54, 1.807) is 0 Å². The van der Waals surface area contributed by atoms with Crippen LogP contribution in [0.25, 0.3) is 0 Å². The summed E-state index contributed by atoms with van der Waals surface area (Å²) < 4.78 is 0. The second-order valence-corrected chi connectivity index (χ2v) is 4.07. The van der Waals surface area contributed by atoms with Crippen molar-refractivity contribution in [3.8, 4) is 0 Å². The summed E-state index contributed by atoms with van der Waals surface area (Å²) in [6, 6.07) is -1.60. The first-order valence-electron chi connectivity index (χ1n) is 5.58. The van der Waals surface area contributed by atoms with Crippen LogP contribution in [0.1, 0.15) is 19.3 Å². The summed E-state index contributed by atoms with van der Waals surface area (Å²) in [5.41, 5.74) is 5.00. The summed E-state index contributed by atoms with van der Waals surface area (Å²) >= 11 is 0. The Kier molecular flexibility index (Phi) is 7.65. The zero-order chi connectivity index (χ0) is 15.0. The fourth-order valence-corrected chi connectivity index (χ4v) is 1.31. The molecule has 1 rings (SSSR count). The Labute approximate surface area is 109 Å². The molecule has 1 unspecified atom stereocenters. The zero-order valence-corrected chi connectivity index (χ0v) is 10.2. The number of rotatable bonds is 5. The summed E-state index contributed by atoms with van der Waals surface area (Å²) in [4.78, 5) is 30.0. The zero-order valence-electron chi connectivity index (χ0n) is 10.2. The first kappa shape index (κ1) is 17.3. The third-order valence-corrected chi connectivity index (χ3v) is 2.39. The molecule has 0 aromatic carbocycles. The number of carboxylic acid groups (broad SMARTS) is 3. The molecular weight excluding hydrogens is 260 g/mol. The van der Waals surface area contributed by atoms with Gasteiger partial charge in [0.05, 0.1) is 6.10 Å². The van der Waals surface area contributed by atoms with E-state index < -0.39 is 36.1 Å². The van der Waals surface area contributed by atoms with Crippen molar-refractivity contribution >= 4 is 17.9 Å². The Balaban J connectivity index is 0.000000342. The minimum Gasteiger partial charge on any atom is -0.481 e. The molecule has 7 N–H and O–H groups in total. The molecule has 0 aliphatic carbocycles. The van der Waals surface area contributed by atoms with Gasteiger partial charge in [0.15, 0.2) is 0 Å². The van der Waals surface area contributed by atoms with Crippen LogP contribution in [0, 0.1) is 0 Å². The van der Waals surface area contributed by atoms with E-state index in [1.807, 2.05) is 0 Å². The van der Waals surface area contributed by atoms with Crippen molar-refractivity contribution in [2.24, 2.45) is 5.73 Å². The van der Waals surface area contributed by atoms with Crippen LogP contribution >= 0.6 is 0 Å². The maximum Gasteiger partial charge on any atom is 0.320 e. The normalized spacial score (nSPS) is 23.1. The van der Waals surface area contributed by atoms with Crippen LogP contribution in [-0.2, 0) is 14.4 Å². The molecule has 0 radical (unpaired) electrons. The molecule has 0 aromatic heterocycles. The molecule has 0 spiro atoms. The molecule has 0 amide bonds. The van der Waals surface area contributed by atoms with Gasteiger partial charge in [-0.15, -0.1) is 0 Å². The molecule has 0 saturated carbocycles. The Bertz CT molecular complexity index is 334. The van der Waals surface area contributed by atoms with E-state index in [2.05, 4.69) is 5.32 Å². The van der Waals surface area contributed by atoms with Crippen molar-refractivity contribution in [3.05, 3.63) is 0 Å². The molecule has 19 heavy (non-hydrogen) atoms. The Morgan fingerprint density at radius 3 is 2.11 bits per heavy atom. The van der Waals surface area contributed by atoms with Crippen LogP contribution in [0.15, 0.2) is 0 Å². The molecule has 1 fully saturated rings. The van der Waals surface area contributed by atoms with E-state index in [0.29, 0.717) is 13.0 Å². The number of aliphatic hydroxyl groups excluding tert-OH is 1. The van der Waals surface area contributed by atoms with Gasteiger partial charge in [0.1, 0.15) is 12.1 Å². The standard InChI is InChI=1S/C5H9NO4.C5H9NO3/c6-3(5(9)10)1-2-4(7)8;7-3-1-4(5(8)9)6-2-3/h3H,1-2,6H2,(H,7,8)(H,9,10);3-4,6-7H,1-2H2,(H,8,9)/t;3-,4+/m.1/s1. The average molecular weight is 278 g/mol. The molecule has 1 heterocycles. The predicted octanol–water partition coefficient (Wildman–Crippen LogP) is -1.94. The highest BCUT2D eigenvalue weighted by atomic mass is 16.4. The third-order valence-electron chi connectivity index (χ3n) is 2.39. The number of nitrogens with two attached hydrogens (primary N) is 1. The number of nitrogens with one attached hydrogen (secondary N) is 1. The van der Waals surface area contributed by atoms with Crippen LogP contribution in [0.3, 0.4) is 0 Å². The van der Waals surface area contributed by atoms with Crippen molar-refractivity contribution in [1.29, 1.82) is 0 Å². The van der Waals surface area contributed by atoms with E-state index >= 15 is 0 Å². The number of aliphatic hydroxyl groups is 1. The van der Waals surface area contributed by atoms with Gasteiger partial charge in [0.25, 0.3) is 0 Å². The molecule has 0 aromatic rings. The second-order valence-electron chi connectivity index (χ2n) is 4.07. The van der Waals surface area contributed by atoms with Gasteiger partial charge in [0, 0.05) is 19.4 Å². The van der Waals surface area contributed by atoms with Crippen LogP contribution in [0.2, 0.25) is 0 Å². The van der Waals surface area contributed by atoms with Crippen molar-refractivity contribution in [2.45, 2.75) is 37.5 Å². The van der Waals surface area contributed by atoms with Gasteiger partial charge < -0.3 is 31.5 Å². The Hall–Kier alpha value is -1.71. The van der Waals surface area contributed by atoms with Gasteiger partial charge in [-0.25, -0.2) is 0 Å². The van der Waals surface area contributed by atoms with Gasteiger partial charge in [0.2, 0.25) is 0 Å². The fourth-order valence-electron chi connectivity index (χ4n) is 1.31. The average Bonchev–Trinajstić information content (AvgIpc) is 2.73. The van der Waals surface area contributed by atoms with E-state index in [0.717, 1.165) is 0 Å². The highest BCUT2D eigenvalue weighted by Crippen LogP contribution is 2.05. The van der Waals surface area contributed by atoms with Gasteiger partial charge in [-0.1, -0.05) is 0 Å². The van der Waals surface area contributed by atoms with Crippen molar-refractivity contribution in [2.75, 3.05) is 6.54 Å². The molecule has 1 saturated heterocycles. The first-order valence-corrected chi connectivity index (χ1v) is 5.58. The van der Waals surface area contributed by atoms with Crippen LogP contribution in [-0.4, -0.2) is 63.1 Å². The van der Waals surface area contributed by atoms with Crippen molar-refractivity contribution in [1.82, 2.24) is 5.32 Å². The molecule has 3 atom stereocenters. The molecule has 1 aliphatic heterocycles. The minimum atomic E-state index is -1.17. The quantitative estimate of drug-likeness (QED) is 0.334. The lowest BCUT2D eigenvalue weighted by Gasteiger charge is -2.01. The largest absolute Gasteiger partial charge is 0.481 e. The molecule has 110 valence electrons. The Morgan fingerprint density at radius 1 is 1.26 bits per heavy atom. The molecule has 0 bridgehead atoms. The number of carbonyl (C=O) groups is 3. The lowest BCUT2D eigenvalue weighted by Crippen LogP contribution is -2.30. The molecule has 9 heteroatoms. The minimum absolute atomic E-state index is 0.0231. The lowest BCUT2D eigenvalue weighted by atomic mass is 10.2. The van der Waals surface area contributed by atoms with Gasteiger partial charge in [-0.2, -0.15) is 0 Å². The summed E-state index contributed by atoms with van der Waals surface area (Å²) in [6.45, 7) is 0.400. The smallest absolute Gasteiger partial charge is 0.320 e. The number of aliphatic carboxylic acids is 3. The third kappa shape index (κ3) is 8.08. The SMILES string of the molecule is NC(CCC(=O)O)C(=O)O.O=C(O)[C@@H]1C[C@@H](O)CN1. The number of hydrogen-bond acceptors (Lipinski definition) is 6. The Morgan fingerprint density at radius 2 is 1.84 bits per heavy atom. The van der Waals surface area contributed by atoms with Gasteiger partial charge in [-0.05, 0) is 6.42 Å². The number of β-amino-alcohol motifs (C(OH)–C–C–N with tert-alkyl or cyclic N) is 1. The molecular formula is C10H18N2O7. The fraction of sp³-hybridized carbons (Fsp3) is 0.700. The summed E-state index contributed by atoms with van der Waals surface area (Å²) in [7, 11) is 0. The van der Waals surface area contributed by atoms with Gasteiger partial charge in [-0.3, -0.25) is 14.4 Å². The predicted molar refractivity (Wildman–Crippen MR) is 62.5 cm³/mol. The van der Waals surface area contributed by atoms with E-state index in [9.17, 15) is 14.4 Å². The highest BCUT2D eigenvalue weighted by Gasteiger charge is 2.27. The highest BCUT2D eigenvalue weighted by molar-refractivity contribution is 5.74. The van der Waals surface area contributed by atoms with Crippen molar-refractivity contribution in [3.63, 3.8) is 0 Å². The summed E-state index contributed by atoms with van der Waals surface area (Å²) in [5, 5.41) is 36.1. The summed E-state index contributed by atoms with van der Waals surface area (Å²) in [6.07, 6.45) is -0.376. The van der Waals surface area contributed by atoms with Crippen LogP contribution < -0.4 is 11.1 Å². The molecule has 1 aliphatic rings. The maximum absolute atomic E-state index is 10.2. The van der Waals surface area contributed by atoms with Crippen LogP contribution in [0.4, 0.5) is 0 Å². The van der Waals surface area contributed by atoms with E-state index in [1.165, 1.54) is 0 Å². The monoisotopic (exact) mass is 278 g/mol. The lowest BCUT2D eigenvalue weighted by molar-refractivity contribution is -0.140. The maximum atomic E-state index is 10.2. The van der Waals surface area contributed by atoms with Crippen LogP contribution in [0.5, 0.6) is 0 Å². The van der Waals surface area contributed by atoms with E-state index in [4.69, 9.17) is 26.2 Å². The van der Waals surface area contributed by atoms with Gasteiger partial charge >= 0.3 is 17.9 Å². The van der Waals surface area contributed by atoms with E-state index in [-0.39, 0.29) is 12.8 Å².